The molecule has 0 N–H and O–H groups in total. The van der Waals surface area contributed by atoms with Crippen molar-refractivity contribution in [3.8, 4) is 0 Å². The van der Waals surface area contributed by atoms with Crippen molar-refractivity contribution in [1.82, 2.24) is 0 Å². The zero-order chi connectivity index (χ0) is 29.1. The quantitative estimate of drug-likeness (QED) is 0.133. The maximum Gasteiger partial charge on any atom is 0.302 e. The van der Waals surface area contributed by atoms with E-state index in [1.807, 2.05) is 0 Å². The van der Waals surface area contributed by atoms with Gasteiger partial charge >= 0.3 is 5.97 Å². The molecule has 0 aliphatic heterocycles. The van der Waals surface area contributed by atoms with Gasteiger partial charge in [-0.3, -0.25) is 9.59 Å². The first kappa shape index (κ1) is 32.0. The lowest BCUT2D eigenvalue weighted by Crippen LogP contribution is -2.51. The molecule has 4 nitrogen and oxygen atoms in total. The van der Waals surface area contributed by atoms with Gasteiger partial charge in [0.05, 0.1) is 0 Å². The highest BCUT2D eigenvalue weighted by Gasteiger charge is 2.59. The van der Waals surface area contributed by atoms with Crippen molar-refractivity contribution in [1.29, 1.82) is 0 Å². The number of rotatable bonds is 12. The van der Waals surface area contributed by atoms with Crippen LogP contribution in [0.1, 0.15) is 131 Å². The van der Waals surface area contributed by atoms with Gasteiger partial charge in [-0.15, -0.1) is 0 Å². The number of allylic oxidation sites excluding steroid dienone is 1. The summed E-state index contributed by atoms with van der Waals surface area (Å²) in [7, 11) is -1.60. The maximum absolute atomic E-state index is 12.4. The van der Waals surface area contributed by atoms with Crippen molar-refractivity contribution < 1.29 is 18.8 Å². The van der Waals surface area contributed by atoms with Crippen molar-refractivity contribution in [3.05, 3.63) is 11.6 Å². The molecule has 0 aromatic heterocycles. The first-order chi connectivity index (χ1) is 18.8. The second kappa shape index (κ2) is 13.1. The molecule has 1 unspecified atom stereocenters. The van der Waals surface area contributed by atoms with E-state index in [9.17, 15) is 9.59 Å². The Morgan fingerprint density at radius 2 is 1.68 bits per heavy atom. The van der Waals surface area contributed by atoms with Crippen LogP contribution in [0.5, 0.6) is 0 Å². The average molecular weight is 573 g/mol. The lowest BCUT2D eigenvalue weighted by Gasteiger charge is -2.56. The predicted molar refractivity (Wildman–Crippen MR) is 167 cm³/mol. The van der Waals surface area contributed by atoms with Crippen molar-refractivity contribution in [2.45, 2.75) is 155 Å². The molecule has 4 rings (SSSR count). The Hall–Kier alpha value is -0.943. The standard InChI is InChI=1S/C35H60O4Si/c1-25(36)39-32-19-18-31-33-26(15-13-11-9-8-10-12-14-22-38-40(6,7)34(2,3)4)23-27-24-28(37)16-17-29(27)30(33)20-21-35(31,32)5/h24,26,29-33H,8-23H2,1-7H3/t26-,29?,30-,31+,32+,33-,35+/m1/s1. The monoisotopic (exact) mass is 572 g/mol. The van der Waals surface area contributed by atoms with Crippen molar-refractivity contribution in [2.24, 2.45) is 35.0 Å². The van der Waals surface area contributed by atoms with Crippen LogP contribution in [-0.2, 0) is 18.8 Å². The van der Waals surface area contributed by atoms with Gasteiger partial charge in [-0.05, 0) is 105 Å². The van der Waals surface area contributed by atoms with E-state index in [4.69, 9.17) is 9.16 Å². The third-order valence-electron chi connectivity index (χ3n) is 12.2. The van der Waals surface area contributed by atoms with Gasteiger partial charge in [0.1, 0.15) is 6.10 Å². The van der Waals surface area contributed by atoms with Crippen LogP contribution >= 0.6 is 0 Å². The molecule has 0 aromatic rings. The fraction of sp³-hybridized carbons (Fsp3) is 0.886. The summed E-state index contributed by atoms with van der Waals surface area (Å²) >= 11 is 0. The molecule has 228 valence electrons. The Morgan fingerprint density at radius 1 is 1.00 bits per heavy atom. The van der Waals surface area contributed by atoms with Crippen molar-refractivity contribution >= 4 is 20.1 Å². The maximum atomic E-state index is 12.4. The van der Waals surface area contributed by atoms with Gasteiger partial charge in [0.25, 0.3) is 0 Å². The summed E-state index contributed by atoms with van der Waals surface area (Å²) in [4.78, 5) is 24.2. The summed E-state index contributed by atoms with van der Waals surface area (Å²) in [6.07, 6.45) is 20.1. The van der Waals surface area contributed by atoms with Gasteiger partial charge < -0.3 is 9.16 Å². The van der Waals surface area contributed by atoms with Gasteiger partial charge in [0, 0.05) is 25.4 Å². The van der Waals surface area contributed by atoms with Crippen LogP contribution in [0.3, 0.4) is 0 Å². The number of carbonyl (C=O) groups is 2. The van der Waals surface area contributed by atoms with Crippen LogP contribution in [0, 0.1) is 35.0 Å². The van der Waals surface area contributed by atoms with Gasteiger partial charge in [-0.25, -0.2) is 0 Å². The van der Waals surface area contributed by atoms with E-state index in [1.54, 1.807) is 6.92 Å². The zero-order valence-corrected chi connectivity index (χ0v) is 28.0. The van der Waals surface area contributed by atoms with Crippen molar-refractivity contribution in [3.63, 3.8) is 0 Å². The Labute approximate surface area is 246 Å². The zero-order valence-electron chi connectivity index (χ0n) is 27.0. The van der Waals surface area contributed by atoms with Gasteiger partial charge in [-0.2, -0.15) is 0 Å². The fourth-order valence-corrected chi connectivity index (χ4v) is 10.0. The smallest absolute Gasteiger partial charge is 0.302 e. The molecule has 0 saturated heterocycles. The Balaban J connectivity index is 1.26. The van der Waals surface area contributed by atoms with E-state index in [-0.39, 0.29) is 17.5 Å². The number of ketones is 1. The van der Waals surface area contributed by atoms with E-state index in [1.165, 1.54) is 76.2 Å². The Morgan fingerprint density at radius 3 is 2.35 bits per heavy atom. The molecule has 0 spiro atoms. The molecule has 40 heavy (non-hydrogen) atoms. The number of carbonyl (C=O) groups excluding carboxylic acids is 2. The molecule has 4 aliphatic rings. The SMILES string of the molecule is CC(=O)O[C@H]1CC[C@H]2[C@@H]3[C@H](CCCCCCCCCO[Si](C)(C)C(C)(C)C)CC4=CC(=O)CCC4[C@H]3CC[C@]12C. The molecular formula is C35H60O4Si. The van der Waals surface area contributed by atoms with E-state index in [0.717, 1.165) is 44.1 Å². The minimum absolute atomic E-state index is 0.0914. The summed E-state index contributed by atoms with van der Waals surface area (Å²) < 4.78 is 12.3. The van der Waals surface area contributed by atoms with Crippen LogP contribution in [0.15, 0.2) is 11.6 Å². The summed E-state index contributed by atoms with van der Waals surface area (Å²) in [5, 5.41) is 0.299. The van der Waals surface area contributed by atoms with Crippen LogP contribution in [0.4, 0.5) is 0 Å². The summed E-state index contributed by atoms with van der Waals surface area (Å²) in [5.74, 6) is 3.66. The van der Waals surface area contributed by atoms with Crippen LogP contribution in [0.2, 0.25) is 18.1 Å². The van der Waals surface area contributed by atoms with Gasteiger partial charge in [-0.1, -0.05) is 71.8 Å². The molecule has 0 amide bonds. The first-order valence-electron chi connectivity index (χ1n) is 16.9. The number of ether oxygens (including phenoxy) is 1. The average Bonchev–Trinajstić information content (AvgIpc) is 3.19. The molecule has 0 bridgehead atoms. The molecule has 3 fully saturated rings. The molecule has 7 atom stereocenters. The Kier molecular flexibility index (Phi) is 10.5. The normalized spacial score (nSPS) is 34.1. The molecular weight excluding hydrogens is 512 g/mol. The summed E-state index contributed by atoms with van der Waals surface area (Å²) in [6, 6.07) is 0. The fourth-order valence-electron chi connectivity index (χ4n) is 8.96. The number of fused-ring (bicyclic) bond motifs is 5. The van der Waals surface area contributed by atoms with Crippen LogP contribution in [-0.4, -0.2) is 32.8 Å². The minimum Gasteiger partial charge on any atom is -0.462 e. The van der Waals surface area contributed by atoms with E-state index >= 15 is 0 Å². The minimum atomic E-state index is -1.60. The number of esters is 1. The summed E-state index contributed by atoms with van der Waals surface area (Å²) in [6.45, 7) is 16.6. The lowest BCUT2D eigenvalue weighted by molar-refractivity contribution is -0.157. The molecule has 0 radical (unpaired) electrons. The highest BCUT2D eigenvalue weighted by atomic mass is 28.4. The molecule has 3 saturated carbocycles. The highest BCUT2D eigenvalue weighted by Crippen LogP contribution is 2.64. The lowest BCUT2D eigenvalue weighted by atomic mass is 9.49. The van der Waals surface area contributed by atoms with Gasteiger partial charge in [0.15, 0.2) is 14.1 Å². The molecule has 4 aliphatic carbocycles. The van der Waals surface area contributed by atoms with Crippen LogP contribution < -0.4 is 0 Å². The van der Waals surface area contributed by atoms with Crippen LogP contribution in [0.25, 0.3) is 0 Å². The van der Waals surface area contributed by atoms with E-state index in [2.05, 4.69) is 46.9 Å². The molecule has 5 heteroatoms. The first-order valence-corrected chi connectivity index (χ1v) is 19.8. The third-order valence-corrected chi connectivity index (χ3v) is 16.7. The van der Waals surface area contributed by atoms with E-state index in [0.29, 0.717) is 28.6 Å². The second-order valence-corrected chi connectivity index (χ2v) is 20.5. The Bertz CT molecular complexity index is 917. The number of hydrogen-bond acceptors (Lipinski definition) is 4. The number of hydrogen-bond donors (Lipinski definition) is 0. The largest absolute Gasteiger partial charge is 0.462 e. The van der Waals surface area contributed by atoms with E-state index < -0.39 is 8.32 Å². The third kappa shape index (κ3) is 7.16. The second-order valence-electron chi connectivity index (χ2n) is 15.7. The topological polar surface area (TPSA) is 52.6 Å². The molecule has 0 heterocycles. The predicted octanol–water partition coefficient (Wildman–Crippen LogP) is 9.43. The molecule has 0 aromatic carbocycles. The highest BCUT2D eigenvalue weighted by molar-refractivity contribution is 6.74. The summed E-state index contributed by atoms with van der Waals surface area (Å²) in [5.41, 5.74) is 1.62. The number of unbranched alkanes of at least 4 members (excludes halogenated alkanes) is 6. The van der Waals surface area contributed by atoms with Crippen molar-refractivity contribution in [2.75, 3.05) is 6.61 Å². The van der Waals surface area contributed by atoms with Gasteiger partial charge in [0.2, 0.25) is 0 Å².